The van der Waals surface area contributed by atoms with Crippen molar-refractivity contribution in [1.29, 1.82) is 0 Å². The lowest BCUT2D eigenvalue weighted by Crippen LogP contribution is -2.47. The third kappa shape index (κ3) is 6.00. The molecular formula is C27H34FN5O2. The summed E-state index contributed by atoms with van der Waals surface area (Å²) in [5.41, 5.74) is 1.55. The van der Waals surface area contributed by atoms with E-state index in [-0.39, 0.29) is 11.7 Å². The lowest BCUT2D eigenvalue weighted by molar-refractivity contribution is 0.0901. The lowest BCUT2D eigenvalue weighted by atomic mass is 10.00. The lowest BCUT2D eigenvalue weighted by Gasteiger charge is -2.40. The summed E-state index contributed by atoms with van der Waals surface area (Å²) in [4.78, 5) is 22.6. The Balaban J connectivity index is 1.11. The highest BCUT2D eigenvalue weighted by Crippen LogP contribution is 2.27. The number of nitrogens with one attached hydrogen (secondary N) is 2. The Labute approximate surface area is 205 Å². The second-order valence-corrected chi connectivity index (χ2v) is 9.60. The fraction of sp³-hybridized carbons (Fsp3) is 0.481. The summed E-state index contributed by atoms with van der Waals surface area (Å²) >= 11 is 0. The number of fused-ring (bicyclic) bond motifs is 1. The number of benzene rings is 1. The van der Waals surface area contributed by atoms with Gasteiger partial charge in [0.2, 0.25) is 0 Å². The number of anilines is 2. The second kappa shape index (κ2) is 11.2. The van der Waals surface area contributed by atoms with E-state index in [1.165, 1.54) is 57.3 Å². The number of piperidine rings is 2. The molecule has 186 valence electrons. The first-order valence-electron chi connectivity index (χ1n) is 12.8. The molecule has 0 atom stereocenters. The largest absolute Gasteiger partial charge is 0.464 e. The Morgan fingerprint density at radius 2 is 1.83 bits per heavy atom. The van der Waals surface area contributed by atoms with E-state index in [0.29, 0.717) is 29.3 Å². The van der Waals surface area contributed by atoms with Crippen LogP contribution in [0.3, 0.4) is 0 Å². The molecule has 2 N–H and O–H groups in total. The summed E-state index contributed by atoms with van der Waals surface area (Å²) < 4.78 is 18.8. The molecule has 8 heteroatoms. The number of nitrogens with zero attached hydrogens (tertiary/aromatic N) is 3. The molecule has 5 rings (SSSR count). The summed E-state index contributed by atoms with van der Waals surface area (Å²) in [6, 6.07) is 10.2. The van der Waals surface area contributed by atoms with Gasteiger partial charge in [-0.1, -0.05) is 6.42 Å². The van der Waals surface area contributed by atoms with Gasteiger partial charge in [0.05, 0.1) is 11.6 Å². The zero-order chi connectivity index (χ0) is 24.0. The zero-order valence-electron chi connectivity index (χ0n) is 20.1. The predicted molar refractivity (Wildman–Crippen MR) is 136 cm³/mol. The maximum Gasteiger partial charge on any atom is 0.270 e. The van der Waals surface area contributed by atoms with Crippen molar-refractivity contribution >= 4 is 28.4 Å². The van der Waals surface area contributed by atoms with Crippen molar-refractivity contribution in [2.45, 2.75) is 44.6 Å². The Hall–Kier alpha value is -2.97. The van der Waals surface area contributed by atoms with Crippen LogP contribution in [0.15, 0.2) is 47.1 Å². The first-order valence-corrected chi connectivity index (χ1v) is 12.8. The number of pyridine rings is 1. The monoisotopic (exact) mass is 479 g/mol. The second-order valence-electron chi connectivity index (χ2n) is 9.60. The zero-order valence-corrected chi connectivity index (χ0v) is 20.1. The van der Waals surface area contributed by atoms with E-state index < -0.39 is 0 Å². The molecule has 0 saturated carbocycles. The summed E-state index contributed by atoms with van der Waals surface area (Å²) in [6.45, 7) is 6.43. The van der Waals surface area contributed by atoms with Gasteiger partial charge in [-0.25, -0.2) is 9.37 Å². The van der Waals surface area contributed by atoms with E-state index in [1.54, 1.807) is 30.5 Å². The van der Waals surface area contributed by atoms with Gasteiger partial charge < -0.3 is 24.9 Å². The van der Waals surface area contributed by atoms with Crippen molar-refractivity contribution in [3.8, 4) is 0 Å². The third-order valence-electron chi connectivity index (χ3n) is 7.19. The molecule has 2 fully saturated rings. The third-order valence-corrected chi connectivity index (χ3v) is 7.19. The molecule has 0 bridgehead atoms. The van der Waals surface area contributed by atoms with Crippen LogP contribution >= 0.6 is 0 Å². The molecule has 4 heterocycles. The van der Waals surface area contributed by atoms with Gasteiger partial charge in [-0.2, -0.15) is 0 Å². The first kappa shape index (κ1) is 23.8. The minimum atomic E-state index is -0.309. The summed E-state index contributed by atoms with van der Waals surface area (Å²) in [6.07, 6.45) is 9.07. The Bertz CT molecular complexity index is 1120. The number of hydrogen-bond acceptors (Lipinski definition) is 6. The SMILES string of the molecule is O=C(NCCCN1CCC(N2CCCCC2)CC1)c1cc2occc2c(Nc2ccc(F)cc2)n1. The molecule has 0 aliphatic carbocycles. The number of hydrogen-bond donors (Lipinski definition) is 2. The minimum absolute atomic E-state index is 0.228. The van der Waals surface area contributed by atoms with Gasteiger partial charge in [-0.3, -0.25) is 4.79 Å². The Kier molecular flexibility index (Phi) is 7.59. The van der Waals surface area contributed by atoms with Gasteiger partial charge in [0.25, 0.3) is 5.91 Å². The van der Waals surface area contributed by atoms with E-state index in [4.69, 9.17) is 4.42 Å². The molecule has 35 heavy (non-hydrogen) atoms. The van der Waals surface area contributed by atoms with Crippen molar-refractivity contribution in [1.82, 2.24) is 20.1 Å². The first-order chi connectivity index (χ1) is 17.2. The fourth-order valence-electron chi connectivity index (χ4n) is 5.23. The normalized spacial score (nSPS) is 18.1. The molecule has 1 amide bonds. The van der Waals surface area contributed by atoms with Gasteiger partial charge in [-0.05, 0) is 95.2 Å². The van der Waals surface area contributed by atoms with E-state index in [2.05, 4.69) is 25.4 Å². The molecule has 2 aliphatic heterocycles. The number of amides is 1. The van der Waals surface area contributed by atoms with Crippen molar-refractivity contribution in [3.63, 3.8) is 0 Å². The highest BCUT2D eigenvalue weighted by Gasteiger charge is 2.25. The van der Waals surface area contributed by atoms with Crippen molar-refractivity contribution < 1.29 is 13.6 Å². The minimum Gasteiger partial charge on any atom is -0.464 e. The van der Waals surface area contributed by atoms with Gasteiger partial charge in [0.15, 0.2) is 0 Å². The predicted octanol–water partition coefficient (Wildman–Crippen LogP) is 4.78. The standard InChI is InChI=1S/C27H34FN5O2/c28-20-5-7-21(8-6-20)30-26-23-11-18-35-25(23)19-24(31-26)27(34)29-12-4-13-32-16-9-22(10-17-32)33-14-2-1-3-15-33/h5-8,11,18-19,22H,1-4,9-10,12-17H2,(H,29,34)(H,30,31). The molecule has 0 unspecified atom stereocenters. The van der Waals surface area contributed by atoms with Crippen LogP contribution in [0.5, 0.6) is 0 Å². The Morgan fingerprint density at radius 1 is 1.06 bits per heavy atom. The number of carbonyl (C=O) groups is 1. The highest BCUT2D eigenvalue weighted by atomic mass is 19.1. The topological polar surface area (TPSA) is 73.6 Å². The fourth-order valence-corrected chi connectivity index (χ4v) is 5.23. The smallest absolute Gasteiger partial charge is 0.270 e. The van der Waals surface area contributed by atoms with Crippen LogP contribution in [-0.4, -0.2) is 66.0 Å². The van der Waals surface area contributed by atoms with Crippen LogP contribution in [0.4, 0.5) is 15.9 Å². The van der Waals surface area contributed by atoms with Crippen LogP contribution in [0, 0.1) is 5.82 Å². The molecule has 0 radical (unpaired) electrons. The molecule has 2 aliphatic rings. The average molecular weight is 480 g/mol. The maximum atomic E-state index is 13.2. The van der Waals surface area contributed by atoms with E-state index in [0.717, 1.165) is 37.5 Å². The van der Waals surface area contributed by atoms with Gasteiger partial charge in [0.1, 0.15) is 22.9 Å². The number of rotatable bonds is 8. The molecule has 1 aromatic carbocycles. The van der Waals surface area contributed by atoms with Gasteiger partial charge >= 0.3 is 0 Å². The van der Waals surface area contributed by atoms with E-state index in [9.17, 15) is 9.18 Å². The summed E-state index contributed by atoms with van der Waals surface area (Å²) in [7, 11) is 0. The van der Waals surface area contributed by atoms with Crippen LogP contribution in [0.25, 0.3) is 11.0 Å². The molecule has 3 aromatic rings. The van der Waals surface area contributed by atoms with Crippen molar-refractivity contribution in [3.05, 3.63) is 54.2 Å². The van der Waals surface area contributed by atoms with Gasteiger partial charge in [0, 0.05) is 24.3 Å². The maximum absolute atomic E-state index is 13.2. The summed E-state index contributed by atoms with van der Waals surface area (Å²) in [5, 5.41) is 6.93. The van der Waals surface area contributed by atoms with Crippen molar-refractivity contribution in [2.24, 2.45) is 0 Å². The Morgan fingerprint density at radius 3 is 2.60 bits per heavy atom. The van der Waals surface area contributed by atoms with Crippen LogP contribution in [0.2, 0.25) is 0 Å². The van der Waals surface area contributed by atoms with E-state index in [1.807, 2.05) is 0 Å². The van der Waals surface area contributed by atoms with Crippen LogP contribution < -0.4 is 10.6 Å². The van der Waals surface area contributed by atoms with Crippen LogP contribution in [-0.2, 0) is 0 Å². The average Bonchev–Trinajstić information content (AvgIpc) is 3.38. The summed E-state index contributed by atoms with van der Waals surface area (Å²) in [5.74, 6) is -0.0321. The molecule has 0 spiro atoms. The number of likely N-dealkylation sites (tertiary alicyclic amines) is 2. The van der Waals surface area contributed by atoms with E-state index >= 15 is 0 Å². The number of aromatic nitrogens is 1. The van der Waals surface area contributed by atoms with Crippen LogP contribution in [0.1, 0.15) is 49.0 Å². The van der Waals surface area contributed by atoms with Crippen molar-refractivity contribution in [2.75, 3.05) is 44.6 Å². The molecule has 2 aromatic heterocycles. The number of carbonyl (C=O) groups excluding carboxylic acids is 1. The quantitative estimate of drug-likeness (QED) is 0.453. The molecule has 7 nitrogen and oxygen atoms in total. The highest BCUT2D eigenvalue weighted by molar-refractivity contribution is 5.99. The van der Waals surface area contributed by atoms with Gasteiger partial charge in [-0.15, -0.1) is 0 Å². The number of furan rings is 1. The molecular weight excluding hydrogens is 445 g/mol. The number of halogens is 1. The molecule has 2 saturated heterocycles.